The van der Waals surface area contributed by atoms with Crippen LogP contribution in [0.3, 0.4) is 0 Å². The number of amides is 1. The number of hydrogen-bond donors (Lipinski definition) is 1. The number of benzene rings is 2. The van der Waals surface area contributed by atoms with Crippen LogP contribution in [-0.2, 0) is 4.79 Å². The minimum atomic E-state index is -0.0989. The van der Waals surface area contributed by atoms with E-state index in [1.807, 2.05) is 55.5 Å². The first kappa shape index (κ1) is 18.2. The Morgan fingerprint density at radius 1 is 1.12 bits per heavy atom. The van der Waals surface area contributed by atoms with E-state index in [4.69, 9.17) is 4.42 Å². The second kappa shape index (κ2) is 8.19. The molecule has 1 aromatic heterocycles. The van der Waals surface area contributed by atoms with Crippen LogP contribution in [0.5, 0.6) is 0 Å². The lowest BCUT2D eigenvalue weighted by molar-refractivity contribution is -0.113. The Morgan fingerprint density at radius 2 is 1.85 bits per heavy atom. The van der Waals surface area contributed by atoms with Crippen LogP contribution in [0, 0.1) is 6.92 Å². The number of aromatic nitrogens is 2. The van der Waals surface area contributed by atoms with Crippen LogP contribution in [0.4, 0.5) is 5.69 Å². The van der Waals surface area contributed by atoms with Crippen molar-refractivity contribution in [2.24, 2.45) is 0 Å². The SMILES string of the molecule is Cc1ccc(-c2nnc(SCC(=O)Nc3ccccc3C(C)C)o2)cc1. The molecule has 134 valence electrons. The van der Waals surface area contributed by atoms with Gasteiger partial charge < -0.3 is 9.73 Å². The summed E-state index contributed by atoms with van der Waals surface area (Å²) in [4.78, 5) is 12.3. The van der Waals surface area contributed by atoms with Crippen molar-refractivity contribution >= 4 is 23.4 Å². The molecule has 0 bridgehead atoms. The number of anilines is 1. The molecule has 1 heterocycles. The van der Waals surface area contributed by atoms with E-state index in [1.165, 1.54) is 17.3 Å². The van der Waals surface area contributed by atoms with Crippen molar-refractivity contribution in [2.45, 2.75) is 31.9 Å². The molecule has 0 radical (unpaired) electrons. The van der Waals surface area contributed by atoms with Gasteiger partial charge in [0.25, 0.3) is 5.22 Å². The molecule has 2 aromatic carbocycles. The molecular weight excluding hydrogens is 346 g/mol. The third kappa shape index (κ3) is 4.52. The second-order valence-electron chi connectivity index (χ2n) is 6.32. The second-order valence-corrected chi connectivity index (χ2v) is 7.24. The molecule has 0 aliphatic carbocycles. The summed E-state index contributed by atoms with van der Waals surface area (Å²) in [5.74, 6) is 0.908. The van der Waals surface area contributed by atoms with Gasteiger partial charge in [-0.15, -0.1) is 10.2 Å². The number of nitrogens with one attached hydrogen (secondary N) is 1. The maximum atomic E-state index is 12.3. The Labute approximate surface area is 157 Å². The number of nitrogens with zero attached hydrogens (tertiary/aromatic N) is 2. The smallest absolute Gasteiger partial charge is 0.277 e. The molecule has 6 heteroatoms. The van der Waals surface area contributed by atoms with E-state index in [1.54, 1.807) is 0 Å². The fourth-order valence-corrected chi connectivity index (χ4v) is 3.07. The number of aryl methyl sites for hydroxylation is 1. The molecule has 0 fully saturated rings. The summed E-state index contributed by atoms with van der Waals surface area (Å²) >= 11 is 1.23. The predicted octanol–water partition coefficient (Wildman–Crippen LogP) is 4.90. The Kier molecular flexibility index (Phi) is 5.73. The number of carbonyl (C=O) groups excluding carboxylic acids is 1. The minimum absolute atomic E-state index is 0.0989. The fraction of sp³-hybridized carbons (Fsp3) is 0.250. The highest BCUT2D eigenvalue weighted by atomic mass is 32.2. The molecule has 3 aromatic rings. The van der Waals surface area contributed by atoms with Gasteiger partial charge in [0.1, 0.15) is 0 Å². The highest BCUT2D eigenvalue weighted by molar-refractivity contribution is 7.99. The average Bonchev–Trinajstić information content (AvgIpc) is 3.10. The summed E-state index contributed by atoms with van der Waals surface area (Å²) in [5.41, 5.74) is 4.00. The summed E-state index contributed by atoms with van der Waals surface area (Å²) < 4.78 is 5.63. The number of hydrogen-bond acceptors (Lipinski definition) is 5. The van der Waals surface area contributed by atoms with Crippen LogP contribution in [-0.4, -0.2) is 21.9 Å². The molecular formula is C20H21N3O2S. The lowest BCUT2D eigenvalue weighted by Gasteiger charge is -2.13. The highest BCUT2D eigenvalue weighted by Gasteiger charge is 2.13. The highest BCUT2D eigenvalue weighted by Crippen LogP contribution is 2.25. The molecule has 0 atom stereocenters. The lowest BCUT2D eigenvalue weighted by atomic mass is 10.0. The molecule has 0 aliphatic heterocycles. The van der Waals surface area contributed by atoms with Gasteiger partial charge in [-0.25, -0.2) is 0 Å². The van der Waals surface area contributed by atoms with Crippen molar-refractivity contribution < 1.29 is 9.21 Å². The van der Waals surface area contributed by atoms with E-state index >= 15 is 0 Å². The van der Waals surface area contributed by atoms with Crippen LogP contribution in [0.1, 0.15) is 30.9 Å². The molecule has 0 unspecified atom stereocenters. The number of carbonyl (C=O) groups is 1. The summed E-state index contributed by atoms with van der Waals surface area (Å²) in [6.07, 6.45) is 0. The number of para-hydroxylation sites is 1. The molecule has 5 nitrogen and oxygen atoms in total. The zero-order valence-electron chi connectivity index (χ0n) is 15.0. The number of thioether (sulfide) groups is 1. The average molecular weight is 367 g/mol. The first-order valence-electron chi connectivity index (χ1n) is 8.45. The maximum absolute atomic E-state index is 12.3. The molecule has 0 aliphatic rings. The van der Waals surface area contributed by atoms with Gasteiger partial charge in [0, 0.05) is 11.3 Å². The van der Waals surface area contributed by atoms with E-state index in [-0.39, 0.29) is 11.7 Å². The normalized spacial score (nSPS) is 10.9. The third-order valence-electron chi connectivity index (χ3n) is 3.89. The molecule has 26 heavy (non-hydrogen) atoms. The van der Waals surface area contributed by atoms with Gasteiger partial charge in [-0.1, -0.05) is 61.5 Å². The summed E-state index contributed by atoms with van der Waals surface area (Å²) in [6.45, 7) is 6.23. The van der Waals surface area contributed by atoms with Crippen molar-refractivity contribution in [3.63, 3.8) is 0 Å². The Morgan fingerprint density at radius 3 is 2.58 bits per heavy atom. The van der Waals surface area contributed by atoms with Crippen LogP contribution in [0.2, 0.25) is 0 Å². The van der Waals surface area contributed by atoms with Crippen LogP contribution < -0.4 is 5.32 Å². The van der Waals surface area contributed by atoms with Crippen LogP contribution >= 0.6 is 11.8 Å². The first-order valence-corrected chi connectivity index (χ1v) is 9.43. The lowest BCUT2D eigenvalue weighted by Crippen LogP contribution is -2.15. The van der Waals surface area contributed by atoms with Gasteiger partial charge in [-0.2, -0.15) is 0 Å². The summed E-state index contributed by atoms with van der Waals surface area (Å²) in [5, 5.41) is 11.4. The largest absolute Gasteiger partial charge is 0.411 e. The monoisotopic (exact) mass is 367 g/mol. The fourth-order valence-electron chi connectivity index (χ4n) is 2.51. The van der Waals surface area contributed by atoms with Gasteiger partial charge in [0.2, 0.25) is 11.8 Å². The van der Waals surface area contributed by atoms with E-state index in [0.29, 0.717) is 17.0 Å². The van der Waals surface area contributed by atoms with Gasteiger partial charge in [-0.3, -0.25) is 4.79 Å². The van der Waals surface area contributed by atoms with Crippen molar-refractivity contribution in [2.75, 3.05) is 11.1 Å². The third-order valence-corrected chi connectivity index (χ3v) is 4.71. The van der Waals surface area contributed by atoms with E-state index in [0.717, 1.165) is 16.8 Å². The van der Waals surface area contributed by atoms with E-state index < -0.39 is 0 Å². The quantitative estimate of drug-likeness (QED) is 0.628. The first-order chi connectivity index (χ1) is 12.5. The molecule has 3 rings (SSSR count). The Balaban J connectivity index is 1.59. The molecule has 1 N–H and O–H groups in total. The summed E-state index contributed by atoms with van der Waals surface area (Å²) in [7, 11) is 0. The minimum Gasteiger partial charge on any atom is -0.411 e. The van der Waals surface area contributed by atoms with Crippen molar-refractivity contribution in [3.8, 4) is 11.5 Å². The topological polar surface area (TPSA) is 68.0 Å². The van der Waals surface area contributed by atoms with Gasteiger partial charge in [0.15, 0.2) is 0 Å². The Hall–Kier alpha value is -2.60. The van der Waals surface area contributed by atoms with Crippen molar-refractivity contribution in [1.29, 1.82) is 0 Å². The summed E-state index contributed by atoms with van der Waals surface area (Å²) in [6, 6.07) is 15.7. The van der Waals surface area contributed by atoms with Crippen molar-refractivity contribution in [1.82, 2.24) is 10.2 Å². The van der Waals surface area contributed by atoms with Gasteiger partial charge in [-0.05, 0) is 36.6 Å². The Bertz CT molecular complexity index is 888. The van der Waals surface area contributed by atoms with Gasteiger partial charge >= 0.3 is 0 Å². The van der Waals surface area contributed by atoms with E-state index in [9.17, 15) is 4.79 Å². The molecule has 0 saturated heterocycles. The maximum Gasteiger partial charge on any atom is 0.277 e. The van der Waals surface area contributed by atoms with Crippen LogP contribution in [0.15, 0.2) is 58.2 Å². The van der Waals surface area contributed by atoms with E-state index in [2.05, 4.69) is 29.4 Å². The van der Waals surface area contributed by atoms with Crippen LogP contribution in [0.25, 0.3) is 11.5 Å². The molecule has 0 saturated carbocycles. The predicted molar refractivity (Wildman–Crippen MR) is 104 cm³/mol. The molecule has 1 amide bonds. The zero-order chi connectivity index (χ0) is 18.5. The number of rotatable bonds is 6. The molecule has 0 spiro atoms. The van der Waals surface area contributed by atoms with Gasteiger partial charge in [0.05, 0.1) is 5.75 Å². The zero-order valence-corrected chi connectivity index (χ0v) is 15.8. The van der Waals surface area contributed by atoms with Crippen molar-refractivity contribution in [3.05, 3.63) is 59.7 Å². The standard InChI is InChI=1S/C20H21N3O2S/c1-13(2)16-6-4-5-7-17(16)21-18(24)12-26-20-23-22-19(25-20)15-10-8-14(3)9-11-15/h4-11,13H,12H2,1-3H3,(H,21,24).